The van der Waals surface area contributed by atoms with Gasteiger partial charge in [0.05, 0.1) is 18.2 Å². The first-order chi connectivity index (χ1) is 17.2. The molecule has 1 spiro atoms. The quantitative estimate of drug-likeness (QED) is 0.466. The summed E-state index contributed by atoms with van der Waals surface area (Å²) in [6, 6.07) is 0.122. The van der Waals surface area contributed by atoms with Crippen LogP contribution in [0.4, 0.5) is 0 Å². The SMILES string of the molecule is C[C@@H]1CC[C@H]2C(C)(C)[C@@H](O)CC[C@]2(C)[C@]12Cc1c(O)cc3c(c1O2)CN([C@@H](CCC(=O)O)C(=O)O)C3=O. The number of carboxylic acids is 2. The number of amides is 1. The summed E-state index contributed by atoms with van der Waals surface area (Å²) >= 11 is 0. The van der Waals surface area contributed by atoms with Gasteiger partial charge in [0.1, 0.15) is 23.1 Å². The Kier molecular flexibility index (Phi) is 5.83. The molecule has 6 atom stereocenters. The predicted molar refractivity (Wildman–Crippen MR) is 132 cm³/mol. The number of aromatic hydroxyl groups is 1. The number of aliphatic carboxylic acids is 2. The number of phenolic OH excluding ortho intramolecular Hbond substituents is 1. The molecule has 9 nitrogen and oxygen atoms in total. The smallest absolute Gasteiger partial charge is 0.326 e. The van der Waals surface area contributed by atoms with Gasteiger partial charge >= 0.3 is 11.9 Å². The summed E-state index contributed by atoms with van der Waals surface area (Å²) in [5.74, 6) is -2.14. The summed E-state index contributed by atoms with van der Waals surface area (Å²) in [6.45, 7) is 8.66. The highest BCUT2D eigenvalue weighted by atomic mass is 16.5. The van der Waals surface area contributed by atoms with E-state index < -0.39 is 35.6 Å². The average molecular weight is 516 g/mol. The van der Waals surface area contributed by atoms with Crippen LogP contribution in [-0.4, -0.2) is 60.9 Å². The minimum Gasteiger partial charge on any atom is -0.508 e. The van der Waals surface area contributed by atoms with Crippen LogP contribution in [0, 0.1) is 22.7 Å². The van der Waals surface area contributed by atoms with E-state index in [0.717, 1.165) is 19.3 Å². The van der Waals surface area contributed by atoms with Crippen LogP contribution in [0.1, 0.15) is 87.7 Å². The van der Waals surface area contributed by atoms with Crippen molar-refractivity contribution < 1.29 is 39.5 Å². The monoisotopic (exact) mass is 515 g/mol. The minimum atomic E-state index is -1.29. The summed E-state index contributed by atoms with van der Waals surface area (Å²) in [5.41, 5.74) is 0.202. The molecule has 0 saturated heterocycles. The van der Waals surface area contributed by atoms with Gasteiger partial charge < -0.3 is 30.1 Å². The lowest BCUT2D eigenvalue weighted by Gasteiger charge is -2.64. The molecule has 1 aromatic rings. The summed E-state index contributed by atoms with van der Waals surface area (Å²) in [7, 11) is 0. The van der Waals surface area contributed by atoms with Gasteiger partial charge in [-0.25, -0.2) is 4.79 Å². The Morgan fingerprint density at radius 3 is 2.51 bits per heavy atom. The van der Waals surface area contributed by atoms with Crippen molar-refractivity contribution in [3.8, 4) is 11.5 Å². The molecule has 9 heteroatoms. The number of rotatable bonds is 5. The molecule has 2 heterocycles. The molecule has 0 unspecified atom stereocenters. The van der Waals surface area contributed by atoms with Crippen molar-refractivity contribution in [2.24, 2.45) is 22.7 Å². The Balaban J connectivity index is 1.55. The number of hydrogen-bond donors (Lipinski definition) is 4. The second-order valence-electron chi connectivity index (χ2n) is 12.4. The van der Waals surface area contributed by atoms with Crippen LogP contribution in [0.15, 0.2) is 6.07 Å². The maximum atomic E-state index is 13.3. The Labute approximate surface area is 216 Å². The normalized spacial score (nSPS) is 34.5. The van der Waals surface area contributed by atoms with Gasteiger partial charge in [-0.1, -0.05) is 27.7 Å². The van der Waals surface area contributed by atoms with E-state index in [-0.39, 0.29) is 53.4 Å². The van der Waals surface area contributed by atoms with E-state index >= 15 is 0 Å². The zero-order valence-electron chi connectivity index (χ0n) is 21.9. The highest BCUT2D eigenvalue weighted by Crippen LogP contribution is 2.67. The molecule has 2 fully saturated rings. The van der Waals surface area contributed by atoms with E-state index in [1.54, 1.807) is 0 Å². The number of nitrogens with zero attached hydrogens (tertiary/aromatic N) is 1. The molecule has 202 valence electrons. The van der Waals surface area contributed by atoms with Gasteiger partial charge in [-0.2, -0.15) is 0 Å². The molecule has 0 bridgehead atoms. The largest absolute Gasteiger partial charge is 0.508 e. The number of aliphatic hydroxyl groups is 1. The van der Waals surface area contributed by atoms with Crippen molar-refractivity contribution in [3.05, 3.63) is 22.8 Å². The Bertz CT molecular complexity index is 1180. The summed E-state index contributed by atoms with van der Waals surface area (Å²) in [5, 5.41) is 40.8. The number of carboxylic acid groups (broad SMARTS) is 2. The van der Waals surface area contributed by atoms with E-state index in [9.17, 15) is 29.7 Å². The number of aliphatic hydroxyl groups excluding tert-OH is 1. The van der Waals surface area contributed by atoms with E-state index in [4.69, 9.17) is 9.84 Å². The van der Waals surface area contributed by atoms with Crippen LogP contribution in [0.5, 0.6) is 11.5 Å². The molecule has 5 rings (SSSR count). The van der Waals surface area contributed by atoms with Gasteiger partial charge in [0.15, 0.2) is 0 Å². The molecule has 2 saturated carbocycles. The molecule has 2 aliphatic carbocycles. The second-order valence-corrected chi connectivity index (χ2v) is 12.4. The van der Waals surface area contributed by atoms with Gasteiger partial charge in [0.2, 0.25) is 0 Å². The van der Waals surface area contributed by atoms with Gasteiger partial charge in [0.25, 0.3) is 5.91 Å². The fraction of sp³-hybridized carbons (Fsp3) is 0.679. The topological polar surface area (TPSA) is 145 Å². The van der Waals surface area contributed by atoms with Crippen molar-refractivity contribution in [2.75, 3.05) is 0 Å². The van der Waals surface area contributed by atoms with Crippen LogP contribution >= 0.6 is 0 Å². The van der Waals surface area contributed by atoms with Crippen LogP contribution < -0.4 is 4.74 Å². The number of phenols is 1. The maximum Gasteiger partial charge on any atom is 0.326 e. The van der Waals surface area contributed by atoms with Crippen LogP contribution in [0.2, 0.25) is 0 Å². The van der Waals surface area contributed by atoms with Gasteiger partial charge in [-0.15, -0.1) is 0 Å². The van der Waals surface area contributed by atoms with E-state index in [1.165, 1.54) is 11.0 Å². The first-order valence-electron chi connectivity index (χ1n) is 13.2. The molecule has 4 N–H and O–H groups in total. The molecule has 1 aromatic carbocycles. The maximum absolute atomic E-state index is 13.3. The lowest BCUT2D eigenvalue weighted by Crippen LogP contribution is -2.66. The third-order valence-corrected chi connectivity index (χ3v) is 10.4. The molecule has 0 aromatic heterocycles. The molecular formula is C28H37NO8. The highest BCUT2D eigenvalue weighted by molar-refractivity contribution is 6.02. The van der Waals surface area contributed by atoms with E-state index in [1.807, 2.05) is 0 Å². The van der Waals surface area contributed by atoms with Crippen molar-refractivity contribution in [3.63, 3.8) is 0 Å². The summed E-state index contributed by atoms with van der Waals surface area (Å²) < 4.78 is 6.95. The number of benzene rings is 1. The fourth-order valence-corrected chi connectivity index (χ4v) is 8.22. The van der Waals surface area contributed by atoms with E-state index in [0.29, 0.717) is 29.7 Å². The summed E-state index contributed by atoms with van der Waals surface area (Å²) in [6.07, 6.45) is 2.83. The van der Waals surface area contributed by atoms with Gasteiger partial charge in [-0.3, -0.25) is 9.59 Å². The van der Waals surface area contributed by atoms with Crippen LogP contribution in [0.3, 0.4) is 0 Å². The van der Waals surface area contributed by atoms with Crippen molar-refractivity contribution in [2.45, 2.75) is 96.9 Å². The molecule has 1 amide bonds. The second kappa shape index (κ2) is 8.35. The molecular weight excluding hydrogens is 478 g/mol. The fourth-order valence-electron chi connectivity index (χ4n) is 8.22. The Hall–Kier alpha value is -2.81. The average Bonchev–Trinajstić information content (AvgIpc) is 3.36. The first-order valence-corrected chi connectivity index (χ1v) is 13.2. The molecule has 2 aliphatic heterocycles. The van der Waals surface area contributed by atoms with Crippen molar-refractivity contribution in [1.29, 1.82) is 0 Å². The van der Waals surface area contributed by atoms with Gasteiger partial charge in [-0.05, 0) is 55.4 Å². The van der Waals surface area contributed by atoms with Crippen LogP contribution in [-0.2, 0) is 22.6 Å². The third-order valence-electron chi connectivity index (χ3n) is 10.4. The van der Waals surface area contributed by atoms with Crippen molar-refractivity contribution in [1.82, 2.24) is 4.90 Å². The predicted octanol–water partition coefficient (Wildman–Crippen LogP) is 3.57. The molecule has 37 heavy (non-hydrogen) atoms. The lowest BCUT2D eigenvalue weighted by molar-refractivity contribution is -0.210. The lowest BCUT2D eigenvalue weighted by atomic mass is 9.43. The zero-order valence-corrected chi connectivity index (χ0v) is 21.9. The Morgan fingerprint density at radius 2 is 1.86 bits per heavy atom. The highest BCUT2D eigenvalue weighted by Gasteiger charge is 2.67. The number of ether oxygens (including phenoxy) is 1. The summed E-state index contributed by atoms with van der Waals surface area (Å²) in [4.78, 5) is 37.6. The number of fused-ring (bicyclic) bond motifs is 5. The van der Waals surface area contributed by atoms with Crippen molar-refractivity contribution >= 4 is 17.8 Å². The first kappa shape index (κ1) is 25.8. The molecule has 4 aliphatic rings. The van der Waals surface area contributed by atoms with Crippen LogP contribution in [0.25, 0.3) is 0 Å². The standard InChI is InChI=1S/C28H37NO8/c1-14-5-7-20-26(2,3)21(31)9-10-27(20,4)28(14)12-16-19(30)11-15-17(23(16)37-28)13-29(24(15)34)18(25(35)36)6-8-22(32)33/h11,14,18,20-21,30-31H,5-10,12-13H2,1-4H3,(H,32,33)(H,35,36)/t14-,18+,20+,21+,27+,28+/m1/s1. The zero-order chi connectivity index (χ0) is 27.1. The minimum absolute atomic E-state index is 0.0117. The molecule has 0 radical (unpaired) electrons. The van der Waals surface area contributed by atoms with E-state index in [2.05, 4.69) is 27.7 Å². The number of hydrogen-bond acceptors (Lipinski definition) is 6. The number of carbonyl (C=O) groups excluding carboxylic acids is 1. The van der Waals surface area contributed by atoms with Gasteiger partial charge in [0, 0.05) is 29.4 Å². The Morgan fingerprint density at radius 1 is 1.16 bits per heavy atom. The third kappa shape index (κ3) is 3.49. The number of carbonyl (C=O) groups is 3.